The van der Waals surface area contributed by atoms with E-state index in [1.165, 1.54) is 6.07 Å². The van der Waals surface area contributed by atoms with Crippen LogP contribution in [0.15, 0.2) is 36.5 Å². The Morgan fingerprint density at radius 1 is 1.13 bits per heavy atom. The van der Waals surface area contributed by atoms with Gasteiger partial charge in [0.1, 0.15) is 17.1 Å². The third-order valence-electron chi connectivity index (χ3n) is 6.85. The standard InChI is InChI=1S/C26H32F3N5O5/c1-2-15-38-25(35)33-13-11-32(12-14-33)24-17-21(9-10-30-24)39-20-6-3-18(4-7-20)31-19-5-8-23(34(36)37)22(16-19)26(27,28)29/h5,8-10,16-18,20,31H,2-4,6-7,11-15H2,1H3/t18-,20-. The first kappa shape index (κ1) is 28.2. The number of halogens is 3. The zero-order chi connectivity index (χ0) is 28.0. The number of hydrogen-bond donors (Lipinski definition) is 1. The second kappa shape index (κ2) is 12.4. The normalized spacial score (nSPS) is 19.9. The minimum absolute atomic E-state index is 0.0499. The number of ether oxygens (including phenoxy) is 2. The lowest BCUT2D eigenvalue weighted by Gasteiger charge is -2.35. The van der Waals surface area contributed by atoms with Crippen LogP contribution in [0.25, 0.3) is 0 Å². The molecule has 1 aromatic heterocycles. The molecule has 212 valence electrons. The van der Waals surface area contributed by atoms with Gasteiger partial charge < -0.3 is 24.6 Å². The van der Waals surface area contributed by atoms with Crippen LogP contribution in [0.2, 0.25) is 0 Å². The minimum Gasteiger partial charge on any atom is -0.490 e. The summed E-state index contributed by atoms with van der Waals surface area (Å²) in [7, 11) is 0. The molecule has 1 aromatic carbocycles. The summed E-state index contributed by atoms with van der Waals surface area (Å²) in [5, 5.41) is 14.1. The van der Waals surface area contributed by atoms with Gasteiger partial charge in [0.15, 0.2) is 0 Å². The quantitative estimate of drug-likeness (QED) is 0.339. The second-order valence-electron chi connectivity index (χ2n) is 9.66. The molecule has 0 bridgehead atoms. The van der Waals surface area contributed by atoms with Gasteiger partial charge in [0.25, 0.3) is 5.69 Å². The van der Waals surface area contributed by atoms with Crippen molar-refractivity contribution in [3.05, 3.63) is 52.2 Å². The molecule has 2 aliphatic rings. The zero-order valence-corrected chi connectivity index (χ0v) is 21.7. The molecule has 1 aliphatic heterocycles. The Labute approximate surface area is 224 Å². The molecular weight excluding hydrogens is 519 g/mol. The Hall–Kier alpha value is -3.77. The number of nitro benzene ring substituents is 1. The van der Waals surface area contributed by atoms with Gasteiger partial charge in [0.2, 0.25) is 0 Å². The van der Waals surface area contributed by atoms with Crippen molar-refractivity contribution in [3.63, 3.8) is 0 Å². The molecule has 1 saturated heterocycles. The number of aromatic nitrogens is 1. The first-order valence-corrected chi connectivity index (χ1v) is 13.1. The maximum Gasteiger partial charge on any atom is 0.423 e. The number of nitrogens with one attached hydrogen (secondary N) is 1. The van der Waals surface area contributed by atoms with Crippen molar-refractivity contribution < 1.29 is 32.4 Å². The highest BCUT2D eigenvalue weighted by Gasteiger charge is 2.38. The van der Waals surface area contributed by atoms with Gasteiger partial charge in [-0.3, -0.25) is 10.1 Å². The molecule has 2 aromatic rings. The van der Waals surface area contributed by atoms with Gasteiger partial charge in [0.05, 0.1) is 17.6 Å². The van der Waals surface area contributed by atoms with Crippen molar-refractivity contribution in [3.8, 4) is 5.75 Å². The van der Waals surface area contributed by atoms with E-state index in [1.807, 2.05) is 13.0 Å². The summed E-state index contributed by atoms with van der Waals surface area (Å²) >= 11 is 0. The number of carbonyl (C=O) groups excluding carboxylic acids is 1. The highest BCUT2D eigenvalue weighted by Crippen LogP contribution is 2.38. The van der Waals surface area contributed by atoms with Crippen molar-refractivity contribution in [2.45, 2.75) is 57.3 Å². The zero-order valence-electron chi connectivity index (χ0n) is 21.7. The van der Waals surface area contributed by atoms with Gasteiger partial charge >= 0.3 is 12.3 Å². The molecule has 0 radical (unpaired) electrons. The molecule has 2 heterocycles. The smallest absolute Gasteiger partial charge is 0.423 e. The SMILES string of the molecule is CCCOC(=O)N1CCN(c2cc(O[C@H]3CC[C@H](Nc4ccc([N+](=O)[O-])c(C(F)(F)F)c4)CC3)ccn2)CC1. The third kappa shape index (κ3) is 7.42. The number of nitrogens with zero attached hydrogens (tertiary/aromatic N) is 4. The summed E-state index contributed by atoms with van der Waals surface area (Å²) in [4.78, 5) is 30.3. The number of benzene rings is 1. The topological polar surface area (TPSA) is 110 Å². The first-order chi connectivity index (χ1) is 18.6. The monoisotopic (exact) mass is 551 g/mol. The number of amides is 1. The molecule has 10 nitrogen and oxygen atoms in total. The van der Waals surface area contributed by atoms with Crippen molar-refractivity contribution in [1.82, 2.24) is 9.88 Å². The number of pyridine rings is 1. The average molecular weight is 552 g/mol. The maximum atomic E-state index is 13.3. The van der Waals surface area contributed by atoms with Crippen molar-refractivity contribution in [2.75, 3.05) is 43.0 Å². The Morgan fingerprint density at radius 2 is 1.85 bits per heavy atom. The van der Waals surface area contributed by atoms with Crippen LogP contribution >= 0.6 is 0 Å². The van der Waals surface area contributed by atoms with E-state index in [9.17, 15) is 28.1 Å². The van der Waals surface area contributed by atoms with Crippen molar-refractivity contribution >= 4 is 23.3 Å². The van der Waals surface area contributed by atoms with E-state index in [0.717, 1.165) is 24.4 Å². The average Bonchev–Trinajstić information content (AvgIpc) is 2.92. The molecule has 0 atom stereocenters. The predicted octanol–water partition coefficient (Wildman–Crippen LogP) is 5.48. The van der Waals surface area contributed by atoms with Crippen molar-refractivity contribution in [1.29, 1.82) is 0 Å². The Bertz CT molecular complexity index is 1150. The van der Waals surface area contributed by atoms with Crippen LogP contribution in [0, 0.1) is 10.1 Å². The highest BCUT2D eigenvalue weighted by molar-refractivity contribution is 5.68. The van der Waals surface area contributed by atoms with E-state index in [2.05, 4.69) is 15.2 Å². The molecule has 1 saturated carbocycles. The summed E-state index contributed by atoms with van der Waals surface area (Å²) < 4.78 is 51.3. The summed E-state index contributed by atoms with van der Waals surface area (Å²) in [6.45, 7) is 4.72. The third-order valence-corrected chi connectivity index (χ3v) is 6.85. The van der Waals surface area contributed by atoms with Gasteiger partial charge in [0, 0.05) is 56.2 Å². The number of carbonyl (C=O) groups is 1. The van der Waals surface area contributed by atoms with Gasteiger partial charge in [-0.2, -0.15) is 13.2 Å². The second-order valence-corrected chi connectivity index (χ2v) is 9.66. The fourth-order valence-electron chi connectivity index (χ4n) is 4.81. The van der Waals surface area contributed by atoms with E-state index in [0.29, 0.717) is 64.2 Å². The predicted molar refractivity (Wildman–Crippen MR) is 138 cm³/mol. The number of hydrogen-bond acceptors (Lipinski definition) is 8. The van der Waals surface area contributed by atoms with Gasteiger partial charge in [-0.15, -0.1) is 0 Å². The van der Waals surface area contributed by atoms with Crippen LogP contribution in [0.4, 0.5) is 35.2 Å². The lowest BCUT2D eigenvalue weighted by molar-refractivity contribution is -0.388. The van der Waals surface area contributed by atoms with Crippen LogP contribution in [0.1, 0.15) is 44.6 Å². The molecule has 1 amide bonds. The van der Waals surface area contributed by atoms with E-state index in [4.69, 9.17) is 9.47 Å². The fraction of sp³-hybridized carbons (Fsp3) is 0.538. The number of piperazine rings is 1. The lowest BCUT2D eigenvalue weighted by Crippen LogP contribution is -2.49. The first-order valence-electron chi connectivity index (χ1n) is 13.1. The van der Waals surface area contributed by atoms with Crippen LogP contribution in [-0.4, -0.2) is 65.8 Å². The summed E-state index contributed by atoms with van der Waals surface area (Å²) in [6.07, 6.45) is 0.0689. The number of anilines is 2. The number of nitro groups is 1. The minimum atomic E-state index is -4.82. The molecule has 39 heavy (non-hydrogen) atoms. The molecule has 4 rings (SSSR count). The molecular formula is C26H32F3N5O5. The maximum absolute atomic E-state index is 13.3. The molecule has 1 aliphatic carbocycles. The molecule has 13 heteroatoms. The summed E-state index contributed by atoms with van der Waals surface area (Å²) in [6, 6.07) is 6.60. The van der Waals surface area contributed by atoms with E-state index >= 15 is 0 Å². The van der Waals surface area contributed by atoms with Crippen LogP contribution in [0.5, 0.6) is 5.75 Å². The Balaban J connectivity index is 1.27. The van der Waals surface area contributed by atoms with E-state index < -0.39 is 22.4 Å². The Kier molecular flexibility index (Phi) is 8.97. The van der Waals surface area contributed by atoms with Gasteiger partial charge in [-0.1, -0.05) is 6.92 Å². The number of alkyl halides is 3. The van der Waals surface area contributed by atoms with Crippen LogP contribution in [-0.2, 0) is 10.9 Å². The van der Waals surface area contributed by atoms with Crippen molar-refractivity contribution in [2.24, 2.45) is 0 Å². The molecule has 1 N–H and O–H groups in total. The van der Waals surface area contributed by atoms with Crippen LogP contribution < -0.4 is 15.0 Å². The van der Waals surface area contributed by atoms with E-state index in [1.54, 1.807) is 17.2 Å². The molecule has 0 spiro atoms. The highest BCUT2D eigenvalue weighted by atomic mass is 19.4. The van der Waals surface area contributed by atoms with Gasteiger partial charge in [-0.25, -0.2) is 9.78 Å². The summed E-state index contributed by atoms with van der Waals surface area (Å²) in [5.41, 5.74) is -2.02. The lowest BCUT2D eigenvalue weighted by atomic mass is 9.92. The van der Waals surface area contributed by atoms with Gasteiger partial charge in [-0.05, 0) is 50.3 Å². The molecule has 0 unspecified atom stereocenters. The number of rotatable bonds is 8. The largest absolute Gasteiger partial charge is 0.490 e. The van der Waals surface area contributed by atoms with E-state index in [-0.39, 0.29) is 23.9 Å². The Morgan fingerprint density at radius 3 is 2.49 bits per heavy atom. The summed E-state index contributed by atoms with van der Waals surface area (Å²) in [5.74, 6) is 1.45. The fourth-order valence-corrected chi connectivity index (χ4v) is 4.81. The van der Waals surface area contributed by atoms with Crippen LogP contribution in [0.3, 0.4) is 0 Å². The molecule has 2 fully saturated rings.